The summed E-state index contributed by atoms with van der Waals surface area (Å²) in [6, 6.07) is 7.56. The molecule has 0 radical (unpaired) electrons. The van der Waals surface area contributed by atoms with Gasteiger partial charge in [0.2, 0.25) is 0 Å². The minimum Gasteiger partial charge on any atom is -0.310 e. The molecule has 1 heteroatoms. The van der Waals surface area contributed by atoms with Crippen molar-refractivity contribution >= 4 is 0 Å². The van der Waals surface area contributed by atoms with Crippen molar-refractivity contribution in [3.05, 3.63) is 34.9 Å². The highest BCUT2D eigenvalue weighted by atomic mass is 14.9. The molecule has 0 bridgehead atoms. The largest absolute Gasteiger partial charge is 0.310 e. The third-order valence-corrected chi connectivity index (χ3v) is 4.02. The van der Waals surface area contributed by atoms with Crippen LogP contribution in [0.5, 0.6) is 0 Å². The molecule has 0 spiro atoms. The molecule has 0 saturated carbocycles. The summed E-state index contributed by atoms with van der Waals surface area (Å²) >= 11 is 0. The molecule has 1 aromatic rings. The maximum Gasteiger partial charge on any atom is 0.0346 e. The van der Waals surface area contributed by atoms with Crippen LogP contribution in [-0.4, -0.2) is 6.54 Å². The Hall–Kier alpha value is -0.820. The predicted octanol–water partition coefficient (Wildman–Crippen LogP) is 5.63. The Morgan fingerprint density at radius 2 is 1.55 bits per heavy atom. The molecule has 0 aliphatic carbocycles. The molecule has 1 nitrogen and oxygen atoms in total. The van der Waals surface area contributed by atoms with E-state index in [0.717, 1.165) is 6.54 Å². The van der Waals surface area contributed by atoms with E-state index >= 15 is 0 Å². The molecule has 1 aromatic carbocycles. The van der Waals surface area contributed by atoms with E-state index in [9.17, 15) is 0 Å². The van der Waals surface area contributed by atoms with Crippen molar-refractivity contribution in [1.29, 1.82) is 0 Å². The summed E-state index contributed by atoms with van der Waals surface area (Å²) in [6.07, 6.45) is 1.18. The van der Waals surface area contributed by atoms with Crippen molar-refractivity contribution in [3.63, 3.8) is 0 Å². The standard InChI is InChI=1S/C19H33N/c1-8-11-20-19(15(6)7)17-10-9-16(13(2)3)12-18(17)14(4)5/h9-10,12-15,19-20H,8,11H2,1-7H3. The Labute approximate surface area is 126 Å². The molecular formula is C19H33N. The molecule has 0 aliphatic rings. The summed E-state index contributed by atoms with van der Waals surface area (Å²) in [7, 11) is 0. The van der Waals surface area contributed by atoms with Gasteiger partial charge in [-0.05, 0) is 47.4 Å². The Balaban J connectivity index is 3.19. The zero-order valence-corrected chi connectivity index (χ0v) is 14.5. The molecule has 0 amide bonds. The van der Waals surface area contributed by atoms with Gasteiger partial charge < -0.3 is 5.32 Å². The Bertz CT molecular complexity index is 404. The van der Waals surface area contributed by atoms with Gasteiger partial charge in [-0.3, -0.25) is 0 Å². The minimum atomic E-state index is 0.466. The predicted molar refractivity (Wildman–Crippen MR) is 90.5 cm³/mol. The smallest absolute Gasteiger partial charge is 0.0346 e. The van der Waals surface area contributed by atoms with E-state index in [1.807, 2.05) is 0 Å². The molecule has 20 heavy (non-hydrogen) atoms. The number of hydrogen-bond acceptors (Lipinski definition) is 1. The fourth-order valence-electron chi connectivity index (χ4n) is 2.74. The van der Waals surface area contributed by atoms with E-state index in [4.69, 9.17) is 0 Å². The van der Waals surface area contributed by atoms with Crippen molar-refractivity contribution in [3.8, 4) is 0 Å². The van der Waals surface area contributed by atoms with Crippen LogP contribution in [0.15, 0.2) is 18.2 Å². The summed E-state index contributed by atoms with van der Waals surface area (Å²) in [4.78, 5) is 0. The van der Waals surface area contributed by atoms with Crippen molar-refractivity contribution in [2.24, 2.45) is 5.92 Å². The van der Waals surface area contributed by atoms with E-state index in [1.54, 1.807) is 0 Å². The first-order valence-electron chi connectivity index (χ1n) is 8.25. The monoisotopic (exact) mass is 275 g/mol. The van der Waals surface area contributed by atoms with Gasteiger partial charge >= 0.3 is 0 Å². The van der Waals surface area contributed by atoms with E-state index in [1.165, 1.54) is 23.1 Å². The number of benzene rings is 1. The third kappa shape index (κ3) is 4.34. The second kappa shape index (κ2) is 7.83. The number of rotatable bonds is 7. The molecule has 1 rings (SSSR count). The summed E-state index contributed by atoms with van der Waals surface area (Å²) < 4.78 is 0. The molecule has 0 aromatic heterocycles. The van der Waals surface area contributed by atoms with Crippen molar-refractivity contribution in [2.75, 3.05) is 6.54 Å². The summed E-state index contributed by atoms with van der Waals surface area (Å²) in [5, 5.41) is 3.73. The quantitative estimate of drug-likeness (QED) is 0.680. The second-order valence-electron chi connectivity index (χ2n) is 6.87. The van der Waals surface area contributed by atoms with Crippen LogP contribution in [0.4, 0.5) is 0 Å². The molecule has 1 N–H and O–H groups in total. The molecule has 1 unspecified atom stereocenters. The van der Waals surface area contributed by atoms with Gasteiger partial charge in [0.25, 0.3) is 0 Å². The zero-order chi connectivity index (χ0) is 15.3. The van der Waals surface area contributed by atoms with E-state index in [0.29, 0.717) is 23.8 Å². The highest BCUT2D eigenvalue weighted by Crippen LogP contribution is 2.32. The maximum atomic E-state index is 3.73. The van der Waals surface area contributed by atoms with Gasteiger partial charge in [0, 0.05) is 6.04 Å². The molecule has 0 heterocycles. The van der Waals surface area contributed by atoms with Crippen molar-refractivity contribution in [2.45, 2.75) is 72.8 Å². The second-order valence-corrected chi connectivity index (χ2v) is 6.87. The third-order valence-electron chi connectivity index (χ3n) is 4.02. The van der Waals surface area contributed by atoms with E-state index in [2.05, 4.69) is 72.0 Å². The van der Waals surface area contributed by atoms with Crippen LogP contribution in [0.25, 0.3) is 0 Å². The lowest BCUT2D eigenvalue weighted by Gasteiger charge is -2.27. The van der Waals surface area contributed by atoms with Crippen LogP contribution in [0.3, 0.4) is 0 Å². The molecular weight excluding hydrogens is 242 g/mol. The van der Waals surface area contributed by atoms with Crippen molar-refractivity contribution in [1.82, 2.24) is 5.32 Å². The Morgan fingerprint density at radius 1 is 0.900 bits per heavy atom. The minimum absolute atomic E-state index is 0.466. The van der Waals surface area contributed by atoms with Crippen LogP contribution in [0.1, 0.15) is 89.5 Å². The van der Waals surface area contributed by atoms with Crippen molar-refractivity contribution < 1.29 is 0 Å². The number of hydrogen-bond donors (Lipinski definition) is 1. The first-order valence-corrected chi connectivity index (χ1v) is 8.25. The molecule has 1 atom stereocenters. The normalized spacial score (nSPS) is 13.5. The molecule has 0 saturated heterocycles. The lowest BCUT2D eigenvalue weighted by Crippen LogP contribution is -2.27. The Kier molecular flexibility index (Phi) is 6.75. The van der Waals surface area contributed by atoms with Gasteiger partial charge in [-0.1, -0.05) is 66.7 Å². The first kappa shape index (κ1) is 17.2. The molecule has 0 aliphatic heterocycles. The average Bonchev–Trinajstić information content (AvgIpc) is 2.38. The SMILES string of the molecule is CCCNC(c1ccc(C(C)C)cc1C(C)C)C(C)C. The van der Waals surface area contributed by atoms with E-state index < -0.39 is 0 Å². The van der Waals surface area contributed by atoms with Crippen LogP contribution in [0.2, 0.25) is 0 Å². The van der Waals surface area contributed by atoms with Crippen LogP contribution >= 0.6 is 0 Å². The number of nitrogens with one attached hydrogen (secondary N) is 1. The fraction of sp³-hybridized carbons (Fsp3) is 0.684. The average molecular weight is 275 g/mol. The van der Waals surface area contributed by atoms with Crippen LogP contribution in [0, 0.1) is 5.92 Å². The fourth-order valence-corrected chi connectivity index (χ4v) is 2.74. The van der Waals surface area contributed by atoms with Gasteiger partial charge in [0.05, 0.1) is 0 Å². The van der Waals surface area contributed by atoms with E-state index in [-0.39, 0.29) is 0 Å². The van der Waals surface area contributed by atoms with Crippen LogP contribution < -0.4 is 5.32 Å². The van der Waals surface area contributed by atoms with Crippen LogP contribution in [-0.2, 0) is 0 Å². The molecule has 0 fully saturated rings. The van der Waals surface area contributed by atoms with Gasteiger partial charge in [-0.15, -0.1) is 0 Å². The summed E-state index contributed by atoms with van der Waals surface area (Å²) in [5.41, 5.74) is 4.46. The highest BCUT2D eigenvalue weighted by molar-refractivity contribution is 5.37. The summed E-state index contributed by atoms with van der Waals surface area (Å²) in [5.74, 6) is 1.79. The topological polar surface area (TPSA) is 12.0 Å². The lowest BCUT2D eigenvalue weighted by atomic mass is 9.85. The highest BCUT2D eigenvalue weighted by Gasteiger charge is 2.20. The Morgan fingerprint density at radius 3 is 2.00 bits per heavy atom. The maximum absolute atomic E-state index is 3.73. The van der Waals surface area contributed by atoms with Gasteiger partial charge in [-0.25, -0.2) is 0 Å². The zero-order valence-electron chi connectivity index (χ0n) is 14.5. The molecule has 114 valence electrons. The van der Waals surface area contributed by atoms with Gasteiger partial charge in [0.15, 0.2) is 0 Å². The van der Waals surface area contributed by atoms with Gasteiger partial charge in [0.1, 0.15) is 0 Å². The first-order chi connectivity index (χ1) is 9.38. The van der Waals surface area contributed by atoms with Gasteiger partial charge in [-0.2, -0.15) is 0 Å². The lowest BCUT2D eigenvalue weighted by molar-refractivity contribution is 0.409. The summed E-state index contributed by atoms with van der Waals surface area (Å²) in [6.45, 7) is 17.1.